The normalized spacial score (nSPS) is 15.7. The van der Waals surface area contributed by atoms with Crippen molar-refractivity contribution in [3.05, 3.63) is 72.5 Å². The first-order valence-corrected chi connectivity index (χ1v) is 9.63. The van der Waals surface area contributed by atoms with E-state index in [4.69, 9.17) is 4.74 Å². The van der Waals surface area contributed by atoms with Gasteiger partial charge in [-0.15, -0.1) is 0 Å². The zero-order valence-electron chi connectivity index (χ0n) is 15.4. The summed E-state index contributed by atoms with van der Waals surface area (Å²) in [4.78, 5) is 2.44. The fourth-order valence-electron chi connectivity index (χ4n) is 3.70. The van der Waals surface area contributed by atoms with Gasteiger partial charge < -0.3 is 10.1 Å². The number of hydrogen-bond acceptors (Lipinski definition) is 3. The van der Waals surface area contributed by atoms with E-state index in [0.717, 1.165) is 38.2 Å². The van der Waals surface area contributed by atoms with Crippen LogP contribution in [0.3, 0.4) is 0 Å². The van der Waals surface area contributed by atoms with Gasteiger partial charge in [-0.3, -0.25) is 4.90 Å². The van der Waals surface area contributed by atoms with Gasteiger partial charge in [-0.2, -0.15) is 0 Å². The molecule has 1 fully saturated rings. The second kappa shape index (κ2) is 8.40. The van der Waals surface area contributed by atoms with Crippen LogP contribution in [0.15, 0.2) is 66.7 Å². The third kappa shape index (κ3) is 4.58. The van der Waals surface area contributed by atoms with E-state index >= 15 is 0 Å². The molecule has 4 rings (SSSR count). The van der Waals surface area contributed by atoms with Crippen LogP contribution in [0.25, 0.3) is 10.8 Å². The van der Waals surface area contributed by atoms with Crippen molar-refractivity contribution in [2.45, 2.75) is 18.9 Å². The topological polar surface area (TPSA) is 24.5 Å². The van der Waals surface area contributed by atoms with E-state index in [1.165, 1.54) is 28.6 Å². The number of nitrogens with zero attached hydrogens (tertiary/aromatic N) is 1. The molecule has 1 N–H and O–H groups in total. The average Bonchev–Trinajstić information content (AvgIpc) is 2.71. The summed E-state index contributed by atoms with van der Waals surface area (Å²) >= 11 is 0. The minimum Gasteiger partial charge on any atom is -0.492 e. The summed E-state index contributed by atoms with van der Waals surface area (Å²) in [5.74, 6) is 0.493. The molecule has 4 heteroatoms. The smallest absolute Gasteiger partial charge is 0.123 e. The van der Waals surface area contributed by atoms with Crippen molar-refractivity contribution >= 4 is 16.5 Å². The largest absolute Gasteiger partial charge is 0.492 e. The highest BCUT2D eigenvalue weighted by atomic mass is 19.1. The lowest BCUT2D eigenvalue weighted by molar-refractivity contribution is 0.177. The molecule has 3 nitrogen and oxygen atoms in total. The highest BCUT2D eigenvalue weighted by Crippen LogP contribution is 2.25. The third-order valence-electron chi connectivity index (χ3n) is 5.23. The molecule has 1 aliphatic rings. The number of rotatable bonds is 6. The molecule has 0 radical (unpaired) electrons. The summed E-state index contributed by atoms with van der Waals surface area (Å²) in [5.41, 5.74) is 1.23. The number of piperidine rings is 1. The molecular weight excluding hydrogens is 339 g/mol. The van der Waals surface area contributed by atoms with E-state index < -0.39 is 0 Å². The predicted octanol–water partition coefficient (Wildman–Crippen LogP) is 4.93. The fourth-order valence-corrected chi connectivity index (χ4v) is 3.70. The van der Waals surface area contributed by atoms with Crippen LogP contribution in [0.1, 0.15) is 12.8 Å². The molecule has 3 aromatic carbocycles. The van der Waals surface area contributed by atoms with E-state index in [2.05, 4.69) is 52.7 Å². The summed E-state index contributed by atoms with van der Waals surface area (Å²) in [7, 11) is 0. The molecular formula is C23H25FN2O. The van der Waals surface area contributed by atoms with Crippen LogP contribution in [-0.4, -0.2) is 37.2 Å². The van der Waals surface area contributed by atoms with E-state index in [-0.39, 0.29) is 5.82 Å². The fraction of sp³-hybridized carbons (Fsp3) is 0.304. The molecule has 1 saturated heterocycles. The summed E-state index contributed by atoms with van der Waals surface area (Å²) in [6.07, 6.45) is 2.25. The second-order valence-electron chi connectivity index (χ2n) is 7.09. The van der Waals surface area contributed by atoms with Gasteiger partial charge in [0.1, 0.15) is 18.2 Å². The molecule has 140 valence electrons. The Morgan fingerprint density at radius 3 is 2.48 bits per heavy atom. The average molecular weight is 364 g/mol. The van der Waals surface area contributed by atoms with Gasteiger partial charge in [0.05, 0.1) is 0 Å². The molecule has 1 heterocycles. The Labute approximate surface area is 159 Å². The summed E-state index contributed by atoms with van der Waals surface area (Å²) in [5, 5.41) is 6.30. The minimum absolute atomic E-state index is 0.233. The van der Waals surface area contributed by atoms with E-state index in [1.807, 2.05) is 0 Å². The number of halogens is 1. The maximum Gasteiger partial charge on any atom is 0.123 e. The number of likely N-dealkylation sites (tertiary alicyclic amines) is 1. The molecule has 0 atom stereocenters. The zero-order chi connectivity index (χ0) is 18.5. The summed E-state index contributed by atoms with van der Waals surface area (Å²) in [6.45, 7) is 3.66. The number of hydrogen-bond donors (Lipinski definition) is 1. The Morgan fingerprint density at radius 2 is 1.67 bits per heavy atom. The number of anilines is 1. The van der Waals surface area contributed by atoms with Crippen molar-refractivity contribution < 1.29 is 9.13 Å². The Morgan fingerprint density at radius 1 is 0.926 bits per heavy atom. The SMILES string of the molecule is Fc1ccc(OCCN2CCC(Nc3cccc4ccccc34)CC2)cc1. The number of nitrogens with one attached hydrogen (secondary N) is 1. The molecule has 0 bridgehead atoms. The van der Waals surface area contributed by atoms with Crippen molar-refractivity contribution in [2.24, 2.45) is 0 Å². The van der Waals surface area contributed by atoms with Gasteiger partial charge in [-0.05, 0) is 48.6 Å². The molecule has 1 aliphatic heterocycles. The first-order chi connectivity index (χ1) is 13.3. The third-order valence-corrected chi connectivity index (χ3v) is 5.23. The summed E-state index contributed by atoms with van der Waals surface area (Å²) in [6, 6.07) is 21.7. The van der Waals surface area contributed by atoms with E-state index in [9.17, 15) is 4.39 Å². The van der Waals surface area contributed by atoms with Crippen LogP contribution in [0, 0.1) is 5.82 Å². The maximum atomic E-state index is 12.9. The van der Waals surface area contributed by atoms with Gasteiger partial charge in [-0.25, -0.2) is 4.39 Å². The van der Waals surface area contributed by atoms with Crippen LogP contribution in [0.2, 0.25) is 0 Å². The Hall–Kier alpha value is -2.59. The van der Waals surface area contributed by atoms with Gasteiger partial charge in [0, 0.05) is 36.7 Å². The van der Waals surface area contributed by atoms with E-state index in [1.54, 1.807) is 12.1 Å². The summed E-state index contributed by atoms with van der Waals surface area (Å²) < 4.78 is 18.6. The van der Waals surface area contributed by atoms with Gasteiger partial charge in [0.2, 0.25) is 0 Å². The molecule has 0 unspecified atom stereocenters. The zero-order valence-corrected chi connectivity index (χ0v) is 15.4. The lowest BCUT2D eigenvalue weighted by Gasteiger charge is -2.33. The highest BCUT2D eigenvalue weighted by molar-refractivity contribution is 5.93. The van der Waals surface area contributed by atoms with Gasteiger partial charge in [0.15, 0.2) is 0 Å². The van der Waals surface area contributed by atoms with Crippen molar-refractivity contribution in [3.8, 4) is 5.75 Å². The van der Waals surface area contributed by atoms with Gasteiger partial charge >= 0.3 is 0 Å². The Kier molecular flexibility index (Phi) is 5.54. The highest BCUT2D eigenvalue weighted by Gasteiger charge is 2.19. The molecule has 0 aromatic heterocycles. The van der Waals surface area contributed by atoms with Gasteiger partial charge in [-0.1, -0.05) is 36.4 Å². The molecule has 27 heavy (non-hydrogen) atoms. The van der Waals surface area contributed by atoms with Crippen molar-refractivity contribution in [2.75, 3.05) is 31.6 Å². The first kappa shape index (κ1) is 17.8. The maximum absolute atomic E-state index is 12.9. The number of ether oxygens (including phenoxy) is 1. The van der Waals surface area contributed by atoms with Crippen molar-refractivity contribution in [1.82, 2.24) is 4.90 Å². The standard InChI is InChI=1S/C23H25FN2O/c24-19-8-10-21(11-9-19)27-17-16-26-14-12-20(13-15-26)25-23-7-3-5-18-4-1-2-6-22(18)23/h1-11,20,25H,12-17H2. The number of fused-ring (bicyclic) bond motifs is 1. The molecule has 0 saturated carbocycles. The molecule has 0 aliphatic carbocycles. The quantitative estimate of drug-likeness (QED) is 0.671. The Bertz CT molecular complexity index is 868. The Balaban J connectivity index is 1.24. The van der Waals surface area contributed by atoms with E-state index in [0.29, 0.717) is 12.6 Å². The second-order valence-corrected chi connectivity index (χ2v) is 7.09. The van der Waals surface area contributed by atoms with Crippen LogP contribution in [0.5, 0.6) is 5.75 Å². The van der Waals surface area contributed by atoms with Crippen LogP contribution < -0.4 is 10.1 Å². The van der Waals surface area contributed by atoms with Crippen LogP contribution in [-0.2, 0) is 0 Å². The van der Waals surface area contributed by atoms with Gasteiger partial charge in [0.25, 0.3) is 0 Å². The van der Waals surface area contributed by atoms with Crippen LogP contribution in [0.4, 0.5) is 10.1 Å². The molecule has 0 spiro atoms. The monoisotopic (exact) mass is 364 g/mol. The first-order valence-electron chi connectivity index (χ1n) is 9.63. The molecule has 3 aromatic rings. The lowest BCUT2D eigenvalue weighted by atomic mass is 10.0. The van der Waals surface area contributed by atoms with Crippen molar-refractivity contribution in [1.29, 1.82) is 0 Å². The number of benzene rings is 3. The minimum atomic E-state index is -0.233. The molecule has 0 amide bonds. The predicted molar refractivity (Wildman–Crippen MR) is 109 cm³/mol. The lowest BCUT2D eigenvalue weighted by Crippen LogP contribution is -2.40. The van der Waals surface area contributed by atoms with Crippen molar-refractivity contribution in [3.63, 3.8) is 0 Å². The van der Waals surface area contributed by atoms with Crippen LogP contribution >= 0.6 is 0 Å².